The van der Waals surface area contributed by atoms with Crippen LogP contribution in [0, 0.1) is 11.3 Å². The Hall–Kier alpha value is -1.05. The van der Waals surface area contributed by atoms with Crippen LogP contribution in [-0.2, 0) is 0 Å². The zero-order valence-electron chi connectivity index (χ0n) is 8.66. The Bertz CT molecular complexity index is 385. The fourth-order valence-electron chi connectivity index (χ4n) is 1.10. The van der Waals surface area contributed by atoms with E-state index < -0.39 is 6.10 Å². The van der Waals surface area contributed by atoms with Crippen LogP contribution in [0.25, 0.3) is 0 Å². The lowest BCUT2D eigenvalue weighted by molar-refractivity contribution is 0.178. The van der Waals surface area contributed by atoms with Gasteiger partial charge in [0, 0.05) is 10.5 Å². The minimum Gasteiger partial charge on any atom is -0.391 e. The van der Waals surface area contributed by atoms with E-state index >= 15 is 0 Å². The van der Waals surface area contributed by atoms with Gasteiger partial charge in [0.05, 0.1) is 17.4 Å². The van der Waals surface area contributed by atoms with E-state index in [1.165, 1.54) is 0 Å². The lowest BCUT2D eigenvalue weighted by Gasteiger charge is -2.18. The highest BCUT2D eigenvalue weighted by Crippen LogP contribution is 2.21. The van der Waals surface area contributed by atoms with Gasteiger partial charge < -0.3 is 10.4 Å². The Morgan fingerprint density at radius 3 is 2.67 bits per heavy atom. The van der Waals surface area contributed by atoms with Gasteiger partial charge in [0.2, 0.25) is 0 Å². The molecule has 0 aliphatic heterocycles. The Morgan fingerprint density at radius 2 is 2.13 bits per heavy atom. The van der Waals surface area contributed by atoms with Crippen molar-refractivity contribution in [2.75, 3.05) is 5.32 Å². The van der Waals surface area contributed by atoms with Gasteiger partial charge in [-0.05, 0) is 32.0 Å². The monoisotopic (exact) mass is 268 g/mol. The van der Waals surface area contributed by atoms with Crippen LogP contribution in [0.1, 0.15) is 19.4 Å². The number of halogens is 1. The van der Waals surface area contributed by atoms with Gasteiger partial charge in [-0.25, -0.2) is 0 Å². The van der Waals surface area contributed by atoms with E-state index in [9.17, 15) is 5.11 Å². The Kier molecular flexibility index (Phi) is 4.13. The molecule has 2 unspecified atom stereocenters. The number of benzene rings is 1. The SMILES string of the molecule is CC(O)C(C)Nc1ccc(Br)cc1C#N. The zero-order chi connectivity index (χ0) is 11.4. The van der Waals surface area contributed by atoms with Crippen molar-refractivity contribution in [3.05, 3.63) is 28.2 Å². The summed E-state index contributed by atoms with van der Waals surface area (Å²) in [5.41, 5.74) is 1.31. The van der Waals surface area contributed by atoms with E-state index in [0.29, 0.717) is 5.56 Å². The van der Waals surface area contributed by atoms with Crippen LogP contribution in [0.3, 0.4) is 0 Å². The zero-order valence-corrected chi connectivity index (χ0v) is 10.2. The molecule has 0 amide bonds. The summed E-state index contributed by atoms with van der Waals surface area (Å²) >= 11 is 3.30. The highest BCUT2D eigenvalue weighted by atomic mass is 79.9. The highest BCUT2D eigenvalue weighted by molar-refractivity contribution is 9.10. The standard InChI is InChI=1S/C11H13BrN2O/c1-7(8(2)15)14-11-4-3-10(12)5-9(11)6-13/h3-5,7-8,14-15H,1-2H3. The molecule has 0 saturated heterocycles. The first kappa shape index (κ1) is 12.0. The number of anilines is 1. The van der Waals surface area contributed by atoms with Crippen molar-refractivity contribution in [2.24, 2.45) is 0 Å². The second-order valence-electron chi connectivity index (χ2n) is 3.48. The number of rotatable bonds is 3. The predicted molar refractivity (Wildman–Crippen MR) is 63.6 cm³/mol. The molecule has 2 N–H and O–H groups in total. The van der Waals surface area contributed by atoms with Crippen LogP contribution < -0.4 is 5.32 Å². The van der Waals surface area contributed by atoms with Crippen LogP contribution in [0.15, 0.2) is 22.7 Å². The summed E-state index contributed by atoms with van der Waals surface area (Å²) in [5.74, 6) is 0. The molecule has 80 valence electrons. The van der Waals surface area contributed by atoms with Crippen molar-refractivity contribution >= 4 is 21.6 Å². The molecular weight excluding hydrogens is 256 g/mol. The summed E-state index contributed by atoms with van der Waals surface area (Å²) in [6.07, 6.45) is -0.458. The van der Waals surface area contributed by atoms with Gasteiger partial charge in [0.1, 0.15) is 6.07 Å². The third-order valence-electron chi connectivity index (χ3n) is 2.21. The molecule has 0 aliphatic rings. The Morgan fingerprint density at radius 1 is 1.47 bits per heavy atom. The maximum Gasteiger partial charge on any atom is 0.101 e. The van der Waals surface area contributed by atoms with E-state index in [0.717, 1.165) is 10.2 Å². The van der Waals surface area contributed by atoms with E-state index in [1.807, 2.05) is 19.1 Å². The fourth-order valence-corrected chi connectivity index (χ4v) is 1.46. The fraction of sp³-hybridized carbons (Fsp3) is 0.364. The van der Waals surface area contributed by atoms with Gasteiger partial charge in [-0.3, -0.25) is 0 Å². The lowest BCUT2D eigenvalue weighted by atomic mass is 10.1. The van der Waals surface area contributed by atoms with Crippen molar-refractivity contribution < 1.29 is 5.11 Å². The van der Waals surface area contributed by atoms with Crippen molar-refractivity contribution in [3.8, 4) is 6.07 Å². The van der Waals surface area contributed by atoms with Gasteiger partial charge in [-0.2, -0.15) is 5.26 Å². The van der Waals surface area contributed by atoms with E-state index in [-0.39, 0.29) is 6.04 Å². The second-order valence-corrected chi connectivity index (χ2v) is 4.39. The molecule has 4 heteroatoms. The molecule has 0 heterocycles. The molecule has 0 aromatic heterocycles. The van der Waals surface area contributed by atoms with Crippen LogP contribution in [0.4, 0.5) is 5.69 Å². The van der Waals surface area contributed by atoms with Gasteiger partial charge >= 0.3 is 0 Å². The third kappa shape index (κ3) is 3.22. The average molecular weight is 269 g/mol. The first-order valence-corrected chi connectivity index (χ1v) is 5.48. The number of nitriles is 1. The number of aliphatic hydroxyl groups excluding tert-OH is 1. The largest absolute Gasteiger partial charge is 0.391 e. The van der Waals surface area contributed by atoms with Gasteiger partial charge in [-0.15, -0.1) is 0 Å². The van der Waals surface area contributed by atoms with E-state index in [2.05, 4.69) is 27.3 Å². The molecule has 3 nitrogen and oxygen atoms in total. The summed E-state index contributed by atoms with van der Waals surface area (Å²) in [6, 6.07) is 7.45. The molecule has 0 spiro atoms. The molecule has 1 rings (SSSR count). The smallest absolute Gasteiger partial charge is 0.101 e. The van der Waals surface area contributed by atoms with E-state index in [1.54, 1.807) is 13.0 Å². The molecule has 2 atom stereocenters. The average Bonchev–Trinajstić information content (AvgIpc) is 2.20. The van der Waals surface area contributed by atoms with Crippen molar-refractivity contribution in [2.45, 2.75) is 26.0 Å². The molecule has 0 saturated carbocycles. The minimum absolute atomic E-state index is 0.0849. The van der Waals surface area contributed by atoms with Crippen molar-refractivity contribution in [1.29, 1.82) is 5.26 Å². The quantitative estimate of drug-likeness (QED) is 0.886. The third-order valence-corrected chi connectivity index (χ3v) is 2.70. The van der Waals surface area contributed by atoms with Crippen LogP contribution in [0.2, 0.25) is 0 Å². The van der Waals surface area contributed by atoms with Gasteiger partial charge in [-0.1, -0.05) is 15.9 Å². The second kappa shape index (κ2) is 5.15. The number of hydrogen-bond donors (Lipinski definition) is 2. The van der Waals surface area contributed by atoms with Crippen LogP contribution in [0.5, 0.6) is 0 Å². The topological polar surface area (TPSA) is 56.0 Å². The predicted octanol–water partition coefficient (Wildman–Crippen LogP) is 2.50. The summed E-state index contributed by atoms with van der Waals surface area (Å²) < 4.78 is 0.870. The molecular formula is C11H13BrN2O. The molecule has 1 aromatic carbocycles. The first-order chi connectivity index (χ1) is 7.04. The minimum atomic E-state index is -0.458. The van der Waals surface area contributed by atoms with Gasteiger partial charge in [0.15, 0.2) is 0 Å². The van der Waals surface area contributed by atoms with Crippen molar-refractivity contribution in [1.82, 2.24) is 0 Å². The Balaban J connectivity index is 2.91. The van der Waals surface area contributed by atoms with E-state index in [4.69, 9.17) is 5.26 Å². The molecule has 0 fully saturated rings. The summed E-state index contributed by atoms with van der Waals surface area (Å²) in [7, 11) is 0. The van der Waals surface area contributed by atoms with Gasteiger partial charge in [0.25, 0.3) is 0 Å². The van der Waals surface area contributed by atoms with Crippen molar-refractivity contribution in [3.63, 3.8) is 0 Å². The molecule has 0 bridgehead atoms. The summed E-state index contributed by atoms with van der Waals surface area (Å²) in [4.78, 5) is 0. The molecule has 0 radical (unpaired) electrons. The lowest BCUT2D eigenvalue weighted by Crippen LogP contribution is -2.28. The number of aliphatic hydroxyl groups is 1. The summed E-state index contributed by atoms with van der Waals surface area (Å²) in [5, 5.41) is 21.4. The molecule has 15 heavy (non-hydrogen) atoms. The first-order valence-electron chi connectivity index (χ1n) is 4.69. The highest BCUT2D eigenvalue weighted by Gasteiger charge is 2.10. The summed E-state index contributed by atoms with van der Waals surface area (Å²) in [6.45, 7) is 3.58. The number of hydrogen-bond acceptors (Lipinski definition) is 3. The number of nitrogens with zero attached hydrogens (tertiary/aromatic N) is 1. The maximum absolute atomic E-state index is 9.35. The number of nitrogens with one attached hydrogen (secondary N) is 1. The van der Waals surface area contributed by atoms with Crippen LogP contribution >= 0.6 is 15.9 Å². The normalized spacial score (nSPS) is 14.1. The molecule has 1 aromatic rings. The Labute approximate surface area is 97.9 Å². The maximum atomic E-state index is 9.35. The van der Waals surface area contributed by atoms with Crippen LogP contribution in [-0.4, -0.2) is 17.3 Å². The molecule has 0 aliphatic carbocycles.